The molecule has 1 aromatic carbocycles. The van der Waals surface area contributed by atoms with Gasteiger partial charge in [0.2, 0.25) is 0 Å². The normalized spacial score (nSPS) is 28.0. The van der Waals surface area contributed by atoms with Crippen molar-refractivity contribution in [3.63, 3.8) is 0 Å². The van der Waals surface area contributed by atoms with Crippen molar-refractivity contribution in [3.05, 3.63) is 29.8 Å². The molecule has 88 valence electrons. The first-order valence-corrected chi connectivity index (χ1v) is 6.29. The second-order valence-corrected chi connectivity index (χ2v) is 6.17. The number of nitrogens with one attached hydrogen (secondary N) is 1. The van der Waals surface area contributed by atoms with E-state index >= 15 is 0 Å². The Balaban J connectivity index is 2.06. The van der Waals surface area contributed by atoms with E-state index < -0.39 is 0 Å². The summed E-state index contributed by atoms with van der Waals surface area (Å²) in [5, 5.41) is 3.69. The molecule has 1 aromatic rings. The fraction of sp³-hybridized carbons (Fsp3) is 0.600. The van der Waals surface area contributed by atoms with Crippen molar-refractivity contribution in [2.24, 2.45) is 11.3 Å². The molecule has 2 atom stereocenters. The van der Waals surface area contributed by atoms with E-state index in [0.717, 1.165) is 5.92 Å². The van der Waals surface area contributed by atoms with Crippen molar-refractivity contribution in [1.82, 2.24) is 0 Å². The highest BCUT2D eigenvalue weighted by Gasteiger charge is 2.36. The predicted octanol–water partition coefficient (Wildman–Crippen LogP) is 4.23. The highest BCUT2D eigenvalue weighted by Crippen LogP contribution is 2.42. The van der Waals surface area contributed by atoms with E-state index in [4.69, 9.17) is 0 Å². The molecular formula is C15H23N. The van der Waals surface area contributed by atoms with Crippen molar-refractivity contribution in [3.8, 4) is 0 Å². The van der Waals surface area contributed by atoms with Crippen molar-refractivity contribution < 1.29 is 0 Å². The van der Waals surface area contributed by atoms with Crippen molar-refractivity contribution >= 4 is 5.69 Å². The van der Waals surface area contributed by atoms with Gasteiger partial charge < -0.3 is 5.32 Å². The van der Waals surface area contributed by atoms with E-state index in [1.54, 1.807) is 0 Å². The lowest BCUT2D eigenvalue weighted by Crippen LogP contribution is -2.22. The monoisotopic (exact) mass is 217 g/mol. The summed E-state index contributed by atoms with van der Waals surface area (Å²) in [6, 6.07) is 9.32. The summed E-state index contributed by atoms with van der Waals surface area (Å²) >= 11 is 0. The Bertz CT molecular complexity index is 367. The van der Waals surface area contributed by atoms with Crippen LogP contribution in [0.25, 0.3) is 0 Å². The van der Waals surface area contributed by atoms with Gasteiger partial charge in [0.1, 0.15) is 0 Å². The van der Waals surface area contributed by atoms with Gasteiger partial charge in [0.05, 0.1) is 0 Å². The molecule has 0 spiro atoms. The summed E-state index contributed by atoms with van der Waals surface area (Å²) in [4.78, 5) is 0. The summed E-state index contributed by atoms with van der Waals surface area (Å²) in [5.74, 6) is 0.774. The zero-order valence-corrected chi connectivity index (χ0v) is 10.9. The van der Waals surface area contributed by atoms with E-state index in [1.165, 1.54) is 24.1 Å². The van der Waals surface area contributed by atoms with Crippen LogP contribution >= 0.6 is 0 Å². The quantitative estimate of drug-likeness (QED) is 0.781. The van der Waals surface area contributed by atoms with Crippen LogP contribution in [0.2, 0.25) is 0 Å². The number of hydrogen-bond donors (Lipinski definition) is 1. The second kappa shape index (κ2) is 4.12. The third-order valence-electron chi connectivity index (χ3n) is 3.70. The summed E-state index contributed by atoms with van der Waals surface area (Å²) < 4.78 is 0. The number of aryl methyl sites for hydroxylation is 1. The molecule has 0 heterocycles. The predicted molar refractivity (Wildman–Crippen MR) is 70.8 cm³/mol. The molecule has 1 heteroatoms. The first-order valence-electron chi connectivity index (χ1n) is 6.29. The van der Waals surface area contributed by atoms with Crippen LogP contribution in [0.4, 0.5) is 5.69 Å². The average Bonchev–Trinajstić information content (AvgIpc) is 2.39. The van der Waals surface area contributed by atoms with E-state index in [2.05, 4.69) is 57.3 Å². The van der Waals surface area contributed by atoms with E-state index in [0.29, 0.717) is 11.5 Å². The third kappa shape index (κ3) is 2.58. The highest BCUT2D eigenvalue weighted by molar-refractivity contribution is 5.46. The van der Waals surface area contributed by atoms with Gasteiger partial charge in [0.25, 0.3) is 0 Å². The second-order valence-electron chi connectivity index (χ2n) is 6.17. The van der Waals surface area contributed by atoms with E-state index in [-0.39, 0.29) is 0 Å². The molecule has 1 N–H and O–H groups in total. The van der Waals surface area contributed by atoms with Crippen LogP contribution < -0.4 is 5.32 Å². The fourth-order valence-corrected chi connectivity index (χ4v) is 3.04. The molecular weight excluding hydrogens is 194 g/mol. The van der Waals surface area contributed by atoms with Crippen LogP contribution in [0.3, 0.4) is 0 Å². The van der Waals surface area contributed by atoms with Gasteiger partial charge in [0, 0.05) is 11.7 Å². The largest absolute Gasteiger partial charge is 0.382 e. The van der Waals surface area contributed by atoms with Crippen molar-refractivity contribution in [2.45, 2.75) is 46.6 Å². The van der Waals surface area contributed by atoms with Crippen LogP contribution in [0.5, 0.6) is 0 Å². The average molecular weight is 217 g/mol. The van der Waals surface area contributed by atoms with Crippen LogP contribution in [-0.4, -0.2) is 6.04 Å². The molecule has 0 amide bonds. The lowest BCUT2D eigenvalue weighted by atomic mass is 9.91. The molecule has 2 unspecified atom stereocenters. The minimum absolute atomic E-state index is 0.501. The van der Waals surface area contributed by atoms with Gasteiger partial charge in [-0.1, -0.05) is 32.9 Å². The van der Waals surface area contributed by atoms with E-state index in [9.17, 15) is 0 Å². The molecule has 1 nitrogen and oxygen atoms in total. The maximum atomic E-state index is 3.69. The summed E-state index contributed by atoms with van der Waals surface area (Å²) in [5.41, 5.74) is 3.10. The Morgan fingerprint density at radius 3 is 2.56 bits per heavy atom. The molecule has 1 fully saturated rings. The van der Waals surface area contributed by atoms with Gasteiger partial charge >= 0.3 is 0 Å². The lowest BCUT2D eigenvalue weighted by Gasteiger charge is -2.20. The summed E-state index contributed by atoms with van der Waals surface area (Å²) in [6.45, 7) is 9.26. The van der Waals surface area contributed by atoms with Crippen molar-refractivity contribution in [2.75, 3.05) is 5.32 Å². The van der Waals surface area contributed by atoms with Gasteiger partial charge in [-0.25, -0.2) is 0 Å². The molecule has 0 bridgehead atoms. The first kappa shape index (κ1) is 11.5. The molecule has 0 saturated heterocycles. The molecule has 1 aliphatic rings. The maximum absolute atomic E-state index is 3.69. The molecule has 2 rings (SSSR count). The Morgan fingerprint density at radius 1 is 1.25 bits per heavy atom. The number of benzene rings is 1. The highest BCUT2D eigenvalue weighted by atomic mass is 14.9. The minimum Gasteiger partial charge on any atom is -0.382 e. The Morgan fingerprint density at radius 2 is 2.00 bits per heavy atom. The molecule has 0 aromatic heterocycles. The molecule has 1 aliphatic carbocycles. The first-order chi connectivity index (χ1) is 7.46. The minimum atomic E-state index is 0.501. The lowest BCUT2D eigenvalue weighted by molar-refractivity contribution is 0.366. The zero-order valence-electron chi connectivity index (χ0n) is 10.9. The van der Waals surface area contributed by atoms with Gasteiger partial charge in [-0.05, 0) is 48.8 Å². The Labute approximate surface area is 99.3 Å². The van der Waals surface area contributed by atoms with Gasteiger partial charge in [0.15, 0.2) is 0 Å². The topological polar surface area (TPSA) is 12.0 Å². The molecule has 16 heavy (non-hydrogen) atoms. The van der Waals surface area contributed by atoms with Crippen LogP contribution in [0.15, 0.2) is 24.3 Å². The standard InChI is InChI=1S/C15H23N/c1-11-6-5-7-13(8-11)16-14-10-15(3,4)9-12(14)2/h5-8,12,14,16H,9-10H2,1-4H3. The van der Waals surface area contributed by atoms with Crippen molar-refractivity contribution in [1.29, 1.82) is 0 Å². The fourth-order valence-electron chi connectivity index (χ4n) is 3.04. The Hall–Kier alpha value is -0.980. The van der Waals surface area contributed by atoms with Gasteiger partial charge in [-0.2, -0.15) is 0 Å². The van der Waals surface area contributed by atoms with Gasteiger partial charge in [-0.3, -0.25) is 0 Å². The summed E-state index contributed by atoms with van der Waals surface area (Å²) in [7, 11) is 0. The SMILES string of the molecule is Cc1cccc(NC2CC(C)(C)CC2C)c1. The van der Waals surface area contributed by atoms with Crippen LogP contribution in [0.1, 0.15) is 39.2 Å². The smallest absolute Gasteiger partial charge is 0.0345 e. The number of rotatable bonds is 2. The molecule has 0 radical (unpaired) electrons. The van der Waals surface area contributed by atoms with Crippen LogP contribution in [0, 0.1) is 18.3 Å². The maximum Gasteiger partial charge on any atom is 0.0345 e. The number of hydrogen-bond acceptors (Lipinski definition) is 1. The summed E-state index contributed by atoms with van der Waals surface area (Å²) in [6.07, 6.45) is 2.61. The molecule has 1 saturated carbocycles. The molecule has 0 aliphatic heterocycles. The number of anilines is 1. The zero-order chi connectivity index (χ0) is 11.8. The van der Waals surface area contributed by atoms with Gasteiger partial charge in [-0.15, -0.1) is 0 Å². The third-order valence-corrected chi connectivity index (χ3v) is 3.70. The van der Waals surface area contributed by atoms with Crippen LogP contribution in [-0.2, 0) is 0 Å². The Kier molecular flexibility index (Phi) is 2.96. The van der Waals surface area contributed by atoms with E-state index in [1.807, 2.05) is 0 Å².